The number of Topliss-reactive ketones (excluding diaryl/α,β-unsaturated/α-hetero) is 1. The van der Waals surface area contributed by atoms with E-state index in [2.05, 4.69) is 14.4 Å². The van der Waals surface area contributed by atoms with Crippen molar-refractivity contribution in [3.8, 4) is 0 Å². The molecule has 0 bridgehead atoms. The Balaban J connectivity index is 1.11. The van der Waals surface area contributed by atoms with Gasteiger partial charge < -0.3 is 9.42 Å². The molecule has 0 N–H and O–H groups in total. The normalized spacial score (nSPS) is 18.8. The SMILES string of the molecule is O=C1CN(CCCN2CCC(c3noc4cc(F)ccc34)CC2)Sc2ccccc21. The van der Waals surface area contributed by atoms with Gasteiger partial charge in [0.1, 0.15) is 5.82 Å². The first kappa shape index (κ1) is 19.7. The minimum atomic E-state index is -0.294. The number of ketones is 1. The van der Waals surface area contributed by atoms with Crippen LogP contribution in [0, 0.1) is 5.82 Å². The lowest BCUT2D eigenvalue weighted by Crippen LogP contribution is -2.36. The van der Waals surface area contributed by atoms with Gasteiger partial charge in [-0.25, -0.2) is 8.70 Å². The lowest BCUT2D eigenvalue weighted by molar-refractivity contribution is 0.0960. The van der Waals surface area contributed by atoms with Crippen molar-refractivity contribution < 1.29 is 13.7 Å². The van der Waals surface area contributed by atoms with E-state index in [-0.39, 0.29) is 11.6 Å². The Morgan fingerprint density at radius 2 is 1.97 bits per heavy atom. The van der Waals surface area contributed by atoms with Crippen molar-refractivity contribution in [2.75, 3.05) is 32.7 Å². The van der Waals surface area contributed by atoms with Crippen molar-refractivity contribution in [3.63, 3.8) is 0 Å². The van der Waals surface area contributed by atoms with Crippen LogP contribution in [0.2, 0.25) is 0 Å². The molecule has 0 unspecified atom stereocenters. The number of benzene rings is 2. The van der Waals surface area contributed by atoms with E-state index < -0.39 is 0 Å². The Kier molecular flexibility index (Phi) is 5.58. The molecular formula is C23H24FN3O2S. The number of rotatable bonds is 5. The van der Waals surface area contributed by atoms with Gasteiger partial charge in [-0.05, 0) is 69.0 Å². The van der Waals surface area contributed by atoms with Gasteiger partial charge in [-0.15, -0.1) is 0 Å². The van der Waals surface area contributed by atoms with Crippen molar-refractivity contribution >= 4 is 28.7 Å². The van der Waals surface area contributed by atoms with Crippen LogP contribution in [0.3, 0.4) is 0 Å². The molecule has 0 atom stereocenters. The first-order valence-corrected chi connectivity index (χ1v) is 11.3. The zero-order valence-corrected chi connectivity index (χ0v) is 17.5. The third-order valence-electron chi connectivity index (χ3n) is 6.05. The summed E-state index contributed by atoms with van der Waals surface area (Å²) in [5.41, 5.74) is 2.35. The van der Waals surface area contributed by atoms with E-state index >= 15 is 0 Å². The number of piperidine rings is 1. The van der Waals surface area contributed by atoms with E-state index in [1.165, 1.54) is 12.1 Å². The fraction of sp³-hybridized carbons (Fsp3) is 0.391. The topological polar surface area (TPSA) is 49.6 Å². The van der Waals surface area contributed by atoms with Crippen LogP contribution < -0.4 is 0 Å². The minimum Gasteiger partial charge on any atom is -0.356 e. The third-order valence-corrected chi connectivity index (χ3v) is 7.18. The maximum Gasteiger partial charge on any atom is 0.178 e. The van der Waals surface area contributed by atoms with Crippen LogP contribution in [-0.2, 0) is 0 Å². The van der Waals surface area contributed by atoms with Crippen LogP contribution in [0.25, 0.3) is 11.0 Å². The minimum absolute atomic E-state index is 0.213. The molecular weight excluding hydrogens is 401 g/mol. The van der Waals surface area contributed by atoms with Gasteiger partial charge in [0.05, 0.1) is 12.2 Å². The maximum atomic E-state index is 13.4. The molecule has 0 aliphatic carbocycles. The van der Waals surface area contributed by atoms with Gasteiger partial charge in [0.15, 0.2) is 11.4 Å². The summed E-state index contributed by atoms with van der Waals surface area (Å²) >= 11 is 1.70. The highest BCUT2D eigenvalue weighted by Crippen LogP contribution is 2.33. The average Bonchev–Trinajstić information content (AvgIpc) is 3.17. The molecule has 1 fully saturated rings. The molecule has 7 heteroatoms. The number of carbonyl (C=O) groups excluding carboxylic acids is 1. The smallest absolute Gasteiger partial charge is 0.178 e. The summed E-state index contributed by atoms with van der Waals surface area (Å²) < 4.78 is 20.9. The summed E-state index contributed by atoms with van der Waals surface area (Å²) in [4.78, 5) is 15.9. The molecule has 0 saturated carbocycles. The monoisotopic (exact) mass is 425 g/mol. The van der Waals surface area contributed by atoms with Crippen molar-refractivity contribution in [1.82, 2.24) is 14.4 Å². The number of hydrogen-bond donors (Lipinski definition) is 0. The molecule has 5 rings (SSSR count). The molecule has 2 aliphatic rings. The van der Waals surface area contributed by atoms with E-state index in [1.54, 1.807) is 18.0 Å². The molecule has 0 radical (unpaired) electrons. The molecule has 0 amide bonds. The second-order valence-corrected chi connectivity index (χ2v) is 9.19. The predicted octanol–water partition coefficient (Wildman–Crippen LogP) is 4.74. The molecule has 1 aromatic heterocycles. The highest BCUT2D eigenvalue weighted by atomic mass is 32.2. The number of nitrogens with zero attached hydrogens (tertiary/aromatic N) is 3. The Labute approximate surface area is 179 Å². The summed E-state index contributed by atoms with van der Waals surface area (Å²) in [5.74, 6) is 0.279. The van der Waals surface area contributed by atoms with E-state index in [4.69, 9.17) is 4.52 Å². The number of likely N-dealkylation sites (tertiary alicyclic amines) is 1. The van der Waals surface area contributed by atoms with E-state index in [9.17, 15) is 9.18 Å². The predicted molar refractivity (Wildman–Crippen MR) is 115 cm³/mol. The van der Waals surface area contributed by atoms with Crippen molar-refractivity contribution in [2.45, 2.75) is 30.1 Å². The van der Waals surface area contributed by atoms with Crippen LogP contribution in [0.1, 0.15) is 41.2 Å². The van der Waals surface area contributed by atoms with Crippen LogP contribution >= 0.6 is 11.9 Å². The fourth-order valence-corrected chi connectivity index (χ4v) is 5.54. The molecule has 30 heavy (non-hydrogen) atoms. The zero-order chi connectivity index (χ0) is 20.5. The zero-order valence-electron chi connectivity index (χ0n) is 16.7. The van der Waals surface area contributed by atoms with Crippen LogP contribution in [0.4, 0.5) is 4.39 Å². The van der Waals surface area contributed by atoms with Crippen molar-refractivity contribution in [3.05, 3.63) is 59.5 Å². The largest absolute Gasteiger partial charge is 0.356 e. The first-order valence-electron chi connectivity index (χ1n) is 10.5. The van der Waals surface area contributed by atoms with Gasteiger partial charge in [-0.1, -0.05) is 23.4 Å². The Bertz CT molecular complexity index is 1060. The average molecular weight is 426 g/mol. The number of carbonyl (C=O) groups is 1. The maximum absolute atomic E-state index is 13.4. The summed E-state index contributed by atoms with van der Waals surface area (Å²) in [6.07, 6.45) is 3.10. The third kappa shape index (κ3) is 4.02. The van der Waals surface area contributed by atoms with E-state index in [0.717, 1.165) is 67.0 Å². The first-order chi connectivity index (χ1) is 14.7. The van der Waals surface area contributed by atoms with Gasteiger partial charge in [0.25, 0.3) is 0 Å². The number of halogens is 1. The highest BCUT2D eigenvalue weighted by molar-refractivity contribution is 7.97. The lowest BCUT2D eigenvalue weighted by atomic mass is 9.91. The Morgan fingerprint density at radius 3 is 2.83 bits per heavy atom. The number of hydrogen-bond acceptors (Lipinski definition) is 6. The van der Waals surface area contributed by atoms with Gasteiger partial charge in [0, 0.05) is 34.4 Å². The van der Waals surface area contributed by atoms with Gasteiger partial charge >= 0.3 is 0 Å². The van der Waals surface area contributed by atoms with Crippen LogP contribution in [0.5, 0.6) is 0 Å². The van der Waals surface area contributed by atoms with E-state index in [0.29, 0.717) is 18.0 Å². The summed E-state index contributed by atoms with van der Waals surface area (Å²) in [6, 6.07) is 12.5. The van der Waals surface area contributed by atoms with Crippen LogP contribution in [-0.4, -0.2) is 52.9 Å². The molecule has 0 spiro atoms. The van der Waals surface area contributed by atoms with Crippen LogP contribution in [0.15, 0.2) is 51.9 Å². The second kappa shape index (κ2) is 8.49. The molecule has 3 aromatic rings. The quantitative estimate of drug-likeness (QED) is 0.550. The Hall–Kier alpha value is -2.22. The van der Waals surface area contributed by atoms with Gasteiger partial charge in [-0.3, -0.25) is 4.79 Å². The molecule has 156 valence electrons. The molecule has 1 saturated heterocycles. The molecule has 2 aromatic carbocycles. The standard InChI is InChI=1S/C23H24FN3O2S/c24-17-6-7-19-21(14-17)29-25-23(19)16-8-12-26(13-9-16)10-3-11-27-15-20(28)18-4-1-2-5-22(18)30-27/h1-2,4-7,14,16H,3,8-13,15H2. The Morgan fingerprint density at radius 1 is 1.13 bits per heavy atom. The van der Waals surface area contributed by atoms with Gasteiger partial charge in [-0.2, -0.15) is 0 Å². The highest BCUT2D eigenvalue weighted by Gasteiger charge is 2.26. The summed E-state index contributed by atoms with van der Waals surface area (Å²) in [5, 5.41) is 5.16. The summed E-state index contributed by atoms with van der Waals surface area (Å²) in [7, 11) is 0. The van der Waals surface area contributed by atoms with Gasteiger partial charge in [0.2, 0.25) is 0 Å². The number of aromatic nitrogens is 1. The van der Waals surface area contributed by atoms with E-state index in [1.807, 2.05) is 24.3 Å². The fourth-order valence-electron chi connectivity index (χ4n) is 4.44. The molecule has 5 nitrogen and oxygen atoms in total. The molecule has 2 aliphatic heterocycles. The molecule has 3 heterocycles. The van der Waals surface area contributed by atoms with Crippen molar-refractivity contribution in [2.24, 2.45) is 0 Å². The lowest BCUT2D eigenvalue weighted by Gasteiger charge is -2.32. The number of fused-ring (bicyclic) bond motifs is 2. The second-order valence-electron chi connectivity index (χ2n) is 8.05. The summed E-state index contributed by atoms with van der Waals surface area (Å²) in [6.45, 7) is 4.47. The van der Waals surface area contributed by atoms with Crippen molar-refractivity contribution in [1.29, 1.82) is 0 Å².